The van der Waals surface area contributed by atoms with Crippen molar-refractivity contribution < 1.29 is 5.11 Å². The number of benzene rings is 3. The number of hydrogen-bond acceptors (Lipinski definition) is 1. The van der Waals surface area contributed by atoms with Gasteiger partial charge in [0.2, 0.25) is 0 Å². The van der Waals surface area contributed by atoms with Gasteiger partial charge in [-0.2, -0.15) is 0 Å². The average Bonchev–Trinajstić information content (AvgIpc) is 2.72. The van der Waals surface area contributed by atoms with E-state index >= 15 is 0 Å². The second kappa shape index (κ2) is 6.98. The molecule has 1 nitrogen and oxygen atoms in total. The van der Waals surface area contributed by atoms with Crippen LogP contribution in [0.2, 0.25) is 0 Å². The molecule has 3 aromatic rings. The van der Waals surface area contributed by atoms with Gasteiger partial charge in [-0.15, -0.1) is 0 Å². The summed E-state index contributed by atoms with van der Waals surface area (Å²) in [4.78, 5) is 0. The normalized spacial score (nSPS) is 25.3. The maximum Gasteiger partial charge on any atom is 0.0897 e. The molecule has 1 aliphatic carbocycles. The molecule has 0 spiro atoms. The zero-order chi connectivity index (χ0) is 18.9. The van der Waals surface area contributed by atoms with Gasteiger partial charge >= 0.3 is 0 Å². The lowest BCUT2D eigenvalue weighted by Crippen LogP contribution is -2.38. The molecule has 0 radical (unpaired) electrons. The van der Waals surface area contributed by atoms with E-state index in [1.807, 2.05) is 0 Å². The lowest BCUT2D eigenvalue weighted by Gasteiger charge is -2.43. The number of rotatable bonds is 3. The fourth-order valence-electron chi connectivity index (χ4n) is 4.35. The van der Waals surface area contributed by atoms with E-state index in [9.17, 15) is 5.11 Å². The molecule has 0 saturated heterocycles. The van der Waals surface area contributed by atoms with Gasteiger partial charge in [0.15, 0.2) is 0 Å². The van der Waals surface area contributed by atoms with Crippen LogP contribution in [0.25, 0.3) is 11.1 Å². The van der Waals surface area contributed by atoms with Crippen LogP contribution in [0.5, 0.6) is 0 Å². The highest BCUT2D eigenvalue weighted by atomic mass is 16.3. The Morgan fingerprint density at radius 1 is 0.630 bits per heavy atom. The Bertz CT molecular complexity index is 883. The minimum absolute atomic E-state index is 0.162. The molecule has 1 aliphatic rings. The SMILES string of the molecule is Cc1ccc(-c2ccc(C3(O)CCC(C)(c4ccccc4)CC3)cc2)cc1. The van der Waals surface area contributed by atoms with Gasteiger partial charge < -0.3 is 5.11 Å². The van der Waals surface area contributed by atoms with Crippen molar-refractivity contribution in [2.75, 3.05) is 0 Å². The smallest absolute Gasteiger partial charge is 0.0897 e. The first-order chi connectivity index (χ1) is 13.0. The third-order valence-electron chi connectivity index (χ3n) is 6.46. The van der Waals surface area contributed by atoms with Gasteiger partial charge in [0.05, 0.1) is 5.60 Å². The van der Waals surface area contributed by atoms with E-state index in [2.05, 4.69) is 92.7 Å². The molecule has 0 atom stereocenters. The zero-order valence-electron chi connectivity index (χ0n) is 16.3. The van der Waals surface area contributed by atoms with Crippen molar-refractivity contribution in [3.63, 3.8) is 0 Å². The largest absolute Gasteiger partial charge is 0.385 e. The van der Waals surface area contributed by atoms with Crippen LogP contribution in [0, 0.1) is 6.92 Å². The van der Waals surface area contributed by atoms with Crippen molar-refractivity contribution in [2.45, 2.75) is 50.5 Å². The number of hydrogen-bond donors (Lipinski definition) is 1. The molecule has 1 saturated carbocycles. The molecule has 4 rings (SSSR count). The lowest BCUT2D eigenvalue weighted by molar-refractivity contribution is -0.0188. The van der Waals surface area contributed by atoms with Crippen molar-refractivity contribution in [3.05, 3.63) is 95.6 Å². The molecular formula is C26H28O. The summed E-state index contributed by atoms with van der Waals surface area (Å²) in [7, 11) is 0. The number of aliphatic hydroxyl groups is 1. The minimum atomic E-state index is -0.708. The molecule has 0 aliphatic heterocycles. The highest BCUT2D eigenvalue weighted by Crippen LogP contribution is 2.47. The van der Waals surface area contributed by atoms with Gasteiger partial charge in [-0.3, -0.25) is 0 Å². The molecule has 27 heavy (non-hydrogen) atoms. The maximum absolute atomic E-state index is 11.3. The predicted molar refractivity (Wildman–Crippen MR) is 113 cm³/mol. The summed E-state index contributed by atoms with van der Waals surface area (Å²) in [5.74, 6) is 0. The highest BCUT2D eigenvalue weighted by molar-refractivity contribution is 5.64. The van der Waals surface area contributed by atoms with Gasteiger partial charge in [0.25, 0.3) is 0 Å². The molecule has 138 valence electrons. The molecule has 0 bridgehead atoms. The topological polar surface area (TPSA) is 20.2 Å². The Hall–Kier alpha value is -2.38. The van der Waals surface area contributed by atoms with Gasteiger partial charge in [-0.1, -0.05) is 91.3 Å². The summed E-state index contributed by atoms with van der Waals surface area (Å²) in [5, 5.41) is 11.3. The lowest BCUT2D eigenvalue weighted by atomic mass is 9.65. The van der Waals surface area contributed by atoms with E-state index in [4.69, 9.17) is 0 Å². The van der Waals surface area contributed by atoms with Gasteiger partial charge in [-0.05, 0) is 60.3 Å². The standard InChI is InChI=1S/C26H28O/c1-20-8-10-21(11-9-20)22-12-14-24(15-13-22)26(27)18-16-25(2,17-19-26)23-6-4-3-5-7-23/h3-15,27H,16-19H2,1-2H3. The molecule has 0 heterocycles. The Kier molecular flexibility index (Phi) is 4.65. The van der Waals surface area contributed by atoms with E-state index in [-0.39, 0.29) is 5.41 Å². The second-order valence-corrected chi connectivity index (χ2v) is 8.40. The first-order valence-corrected chi connectivity index (χ1v) is 9.94. The second-order valence-electron chi connectivity index (χ2n) is 8.40. The summed E-state index contributed by atoms with van der Waals surface area (Å²) in [6.07, 6.45) is 3.63. The minimum Gasteiger partial charge on any atom is -0.385 e. The van der Waals surface area contributed by atoms with Gasteiger partial charge in [0.1, 0.15) is 0 Å². The van der Waals surface area contributed by atoms with E-state index in [1.165, 1.54) is 22.3 Å². The Balaban J connectivity index is 1.51. The van der Waals surface area contributed by atoms with E-state index < -0.39 is 5.60 Å². The summed E-state index contributed by atoms with van der Waals surface area (Å²) < 4.78 is 0. The fourth-order valence-corrected chi connectivity index (χ4v) is 4.35. The van der Waals surface area contributed by atoms with Crippen molar-refractivity contribution >= 4 is 0 Å². The van der Waals surface area contributed by atoms with Crippen LogP contribution in [-0.4, -0.2) is 5.11 Å². The van der Waals surface area contributed by atoms with E-state index in [1.54, 1.807) is 0 Å². The van der Waals surface area contributed by atoms with Crippen LogP contribution < -0.4 is 0 Å². The molecule has 1 heteroatoms. The Morgan fingerprint density at radius 2 is 1.15 bits per heavy atom. The molecule has 1 fully saturated rings. The van der Waals surface area contributed by atoms with Crippen LogP contribution in [0.4, 0.5) is 0 Å². The summed E-state index contributed by atoms with van der Waals surface area (Å²) in [6, 6.07) is 27.9. The predicted octanol–water partition coefficient (Wildman–Crippen LogP) is 6.38. The van der Waals surface area contributed by atoms with Gasteiger partial charge in [0, 0.05) is 0 Å². The third-order valence-corrected chi connectivity index (χ3v) is 6.46. The molecule has 0 aromatic heterocycles. The van der Waals surface area contributed by atoms with Crippen molar-refractivity contribution in [1.82, 2.24) is 0 Å². The first-order valence-electron chi connectivity index (χ1n) is 9.94. The molecule has 0 unspecified atom stereocenters. The Morgan fingerprint density at radius 3 is 1.70 bits per heavy atom. The Labute approximate surface area is 162 Å². The van der Waals surface area contributed by atoms with Crippen molar-refractivity contribution in [3.8, 4) is 11.1 Å². The summed E-state index contributed by atoms with van der Waals surface area (Å²) in [5.41, 5.74) is 5.59. The summed E-state index contributed by atoms with van der Waals surface area (Å²) >= 11 is 0. The molecule has 0 amide bonds. The van der Waals surface area contributed by atoms with Crippen LogP contribution in [0.15, 0.2) is 78.9 Å². The molecular weight excluding hydrogens is 328 g/mol. The summed E-state index contributed by atoms with van der Waals surface area (Å²) in [6.45, 7) is 4.44. The molecule has 1 N–H and O–H groups in total. The zero-order valence-corrected chi connectivity index (χ0v) is 16.3. The molecule has 3 aromatic carbocycles. The maximum atomic E-state index is 11.3. The van der Waals surface area contributed by atoms with Crippen LogP contribution in [0.3, 0.4) is 0 Å². The van der Waals surface area contributed by atoms with Crippen LogP contribution >= 0.6 is 0 Å². The fraction of sp³-hybridized carbons (Fsp3) is 0.308. The highest BCUT2D eigenvalue weighted by Gasteiger charge is 2.40. The van der Waals surface area contributed by atoms with E-state index in [0.29, 0.717) is 0 Å². The van der Waals surface area contributed by atoms with E-state index in [0.717, 1.165) is 31.2 Å². The van der Waals surface area contributed by atoms with Gasteiger partial charge in [-0.25, -0.2) is 0 Å². The van der Waals surface area contributed by atoms with Crippen molar-refractivity contribution in [2.24, 2.45) is 0 Å². The average molecular weight is 357 g/mol. The quantitative estimate of drug-likeness (QED) is 0.577. The van der Waals surface area contributed by atoms with Crippen LogP contribution in [0.1, 0.15) is 49.3 Å². The third kappa shape index (κ3) is 3.57. The first kappa shape index (κ1) is 18.0. The monoisotopic (exact) mass is 356 g/mol. The van der Waals surface area contributed by atoms with Crippen LogP contribution in [-0.2, 0) is 11.0 Å². The van der Waals surface area contributed by atoms with Crippen molar-refractivity contribution in [1.29, 1.82) is 0 Å². The number of aryl methyl sites for hydroxylation is 1.